The fourth-order valence-electron chi connectivity index (χ4n) is 1.10. The number of nitrogens with one attached hydrogen (secondary N) is 1. The number of aliphatic hydroxyl groups excluding tert-OH is 1. The monoisotopic (exact) mass is 241 g/mol. The first kappa shape index (κ1) is 12.6. The minimum atomic E-state index is -0.386. The van der Waals surface area contributed by atoms with Gasteiger partial charge in [-0.15, -0.1) is 29.5 Å². The van der Waals surface area contributed by atoms with Crippen molar-refractivity contribution < 1.29 is 5.11 Å². The van der Waals surface area contributed by atoms with Crippen LogP contribution < -0.4 is 5.32 Å². The van der Waals surface area contributed by atoms with Crippen molar-refractivity contribution in [2.75, 3.05) is 24.6 Å². The highest BCUT2D eigenvalue weighted by Crippen LogP contribution is 2.17. The van der Waals surface area contributed by atoms with Gasteiger partial charge in [0.05, 0.1) is 5.75 Å². The minimum absolute atomic E-state index is 0.386. The molecule has 2 N–H and O–H groups in total. The summed E-state index contributed by atoms with van der Waals surface area (Å²) in [6.45, 7) is 1.49. The van der Waals surface area contributed by atoms with E-state index in [2.05, 4.69) is 11.2 Å². The Labute approximate surface area is 99.1 Å². The molecule has 1 rings (SSSR count). The summed E-state index contributed by atoms with van der Waals surface area (Å²) in [5.41, 5.74) is 0. The lowest BCUT2D eigenvalue weighted by Crippen LogP contribution is -2.23. The van der Waals surface area contributed by atoms with Crippen molar-refractivity contribution in [1.29, 1.82) is 0 Å². The van der Waals surface area contributed by atoms with Crippen molar-refractivity contribution in [2.45, 2.75) is 6.10 Å². The van der Waals surface area contributed by atoms with Gasteiger partial charge in [-0.2, -0.15) is 0 Å². The summed E-state index contributed by atoms with van der Waals surface area (Å²) in [7, 11) is 0. The second-order valence-electron chi connectivity index (χ2n) is 2.99. The van der Waals surface area contributed by atoms with Gasteiger partial charge in [-0.25, -0.2) is 0 Å². The van der Waals surface area contributed by atoms with Gasteiger partial charge >= 0.3 is 0 Å². The number of hydrogen-bond donors (Lipinski definition) is 2. The summed E-state index contributed by atoms with van der Waals surface area (Å²) in [4.78, 5) is 1.01. The molecule has 0 saturated carbocycles. The van der Waals surface area contributed by atoms with E-state index >= 15 is 0 Å². The molecule has 0 aliphatic heterocycles. The molecule has 15 heavy (non-hydrogen) atoms. The van der Waals surface area contributed by atoms with Crippen LogP contribution >= 0.6 is 23.1 Å². The molecule has 1 unspecified atom stereocenters. The molecule has 0 aromatic carbocycles. The molecule has 0 amide bonds. The van der Waals surface area contributed by atoms with Crippen LogP contribution in [0.15, 0.2) is 17.5 Å². The summed E-state index contributed by atoms with van der Waals surface area (Å²) >= 11 is 3.31. The Bertz CT molecular complexity index is 292. The summed E-state index contributed by atoms with van der Waals surface area (Å²) in [5, 5.41) is 14.9. The lowest BCUT2D eigenvalue weighted by Gasteiger charge is -2.09. The average Bonchev–Trinajstić information content (AvgIpc) is 2.76. The van der Waals surface area contributed by atoms with Crippen LogP contribution in [0.5, 0.6) is 0 Å². The van der Waals surface area contributed by atoms with Crippen molar-refractivity contribution in [1.82, 2.24) is 5.32 Å². The van der Waals surface area contributed by atoms with E-state index in [1.807, 2.05) is 17.5 Å². The number of thiophene rings is 1. The first-order valence-corrected chi connectivity index (χ1v) is 6.81. The van der Waals surface area contributed by atoms with E-state index in [-0.39, 0.29) is 6.10 Å². The third-order valence-corrected chi connectivity index (χ3v) is 3.65. The third kappa shape index (κ3) is 5.24. The molecule has 0 radical (unpaired) electrons. The SMILES string of the molecule is C#CCSCCNCC(O)c1cccs1. The van der Waals surface area contributed by atoms with Crippen LogP contribution in [0, 0.1) is 12.3 Å². The highest BCUT2D eigenvalue weighted by Gasteiger charge is 2.06. The van der Waals surface area contributed by atoms with Crippen LogP contribution in [0.25, 0.3) is 0 Å². The van der Waals surface area contributed by atoms with Gasteiger partial charge < -0.3 is 10.4 Å². The molecule has 0 aliphatic carbocycles. The van der Waals surface area contributed by atoms with Gasteiger partial charge in [-0.05, 0) is 11.4 Å². The van der Waals surface area contributed by atoms with E-state index in [0.29, 0.717) is 6.54 Å². The molecule has 1 aromatic rings. The number of thioether (sulfide) groups is 1. The van der Waals surface area contributed by atoms with Crippen molar-refractivity contribution in [3.63, 3.8) is 0 Å². The largest absolute Gasteiger partial charge is 0.386 e. The lowest BCUT2D eigenvalue weighted by atomic mass is 10.3. The highest BCUT2D eigenvalue weighted by molar-refractivity contribution is 7.99. The fourth-order valence-corrected chi connectivity index (χ4v) is 2.36. The molecular weight excluding hydrogens is 226 g/mol. The van der Waals surface area contributed by atoms with Gasteiger partial charge in [0.1, 0.15) is 6.10 Å². The first-order valence-electron chi connectivity index (χ1n) is 4.78. The van der Waals surface area contributed by atoms with Crippen LogP contribution in [0.4, 0.5) is 0 Å². The topological polar surface area (TPSA) is 32.3 Å². The van der Waals surface area contributed by atoms with E-state index in [1.54, 1.807) is 23.1 Å². The summed E-state index contributed by atoms with van der Waals surface area (Å²) in [6.07, 6.45) is 4.74. The molecule has 0 fully saturated rings. The maximum atomic E-state index is 9.72. The molecule has 0 bridgehead atoms. The smallest absolute Gasteiger partial charge is 0.101 e. The van der Waals surface area contributed by atoms with Crippen molar-refractivity contribution in [2.24, 2.45) is 0 Å². The molecule has 1 aromatic heterocycles. The lowest BCUT2D eigenvalue weighted by molar-refractivity contribution is 0.179. The predicted octanol–water partition coefficient (Wildman–Crippen LogP) is 1.74. The summed E-state index contributed by atoms with van der Waals surface area (Å²) in [5.74, 6) is 4.32. The van der Waals surface area contributed by atoms with E-state index in [9.17, 15) is 5.11 Å². The van der Waals surface area contributed by atoms with Crippen molar-refractivity contribution in [3.8, 4) is 12.3 Å². The van der Waals surface area contributed by atoms with E-state index < -0.39 is 0 Å². The molecule has 4 heteroatoms. The molecule has 82 valence electrons. The number of aliphatic hydroxyl groups is 1. The van der Waals surface area contributed by atoms with Gasteiger partial charge in [0.2, 0.25) is 0 Å². The molecule has 1 heterocycles. The van der Waals surface area contributed by atoms with Crippen molar-refractivity contribution >= 4 is 23.1 Å². The Morgan fingerprint density at radius 3 is 3.20 bits per heavy atom. The van der Waals surface area contributed by atoms with Gasteiger partial charge in [-0.3, -0.25) is 0 Å². The minimum Gasteiger partial charge on any atom is -0.386 e. The Morgan fingerprint density at radius 2 is 2.53 bits per heavy atom. The zero-order valence-corrected chi connectivity index (χ0v) is 10.1. The third-order valence-electron chi connectivity index (χ3n) is 1.82. The second kappa shape index (κ2) is 7.77. The first-order chi connectivity index (χ1) is 7.34. The predicted molar refractivity (Wildman–Crippen MR) is 68.3 cm³/mol. The average molecular weight is 241 g/mol. The van der Waals surface area contributed by atoms with Crippen LogP contribution in [-0.2, 0) is 0 Å². The van der Waals surface area contributed by atoms with Crippen LogP contribution in [-0.4, -0.2) is 29.7 Å². The second-order valence-corrected chi connectivity index (χ2v) is 5.08. The summed E-state index contributed by atoms with van der Waals surface area (Å²) < 4.78 is 0. The van der Waals surface area contributed by atoms with Crippen LogP contribution in [0.1, 0.15) is 11.0 Å². The Morgan fingerprint density at radius 1 is 1.67 bits per heavy atom. The highest BCUT2D eigenvalue weighted by atomic mass is 32.2. The molecule has 1 atom stereocenters. The maximum Gasteiger partial charge on any atom is 0.101 e. The Kier molecular flexibility index (Phi) is 6.53. The Balaban J connectivity index is 2.03. The molecule has 2 nitrogen and oxygen atoms in total. The van der Waals surface area contributed by atoms with E-state index in [4.69, 9.17) is 6.42 Å². The van der Waals surface area contributed by atoms with Gasteiger partial charge in [0.15, 0.2) is 0 Å². The number of terminal acetylenes is 1. The Hall–Kier alpha value is -0.470. The standard InChI is InChI=1S/C11H15NOS2/c1-2-6-14-8-5-12-9-10(13)11-4-3-7-15-11/h1,3-4,7,10,12-13H,5-6,8-9H2. The zero-order valence-electron chi connectivity index (χ0n) is 8.48. The van der Waals surface area contributed by atoms with E-state index in [0.717, 1.165) is 22.9 Å². The molecule has 0 spiro atoms. The number of hydrogen-bond acceptors (Lipinski definition) is 4. The van der Waals surface area contributed by atoms with Crippen LogP contribution in [0.2, 0.25) is 0 Å². The van der Waals surface area contributed by atoms with Crippen LogP contribution in [0.3, 0.4) is 0 Å². The zero-order chi connectivity index (χ0) is 10.9. The molecule has 0 saturated heterocycles. The maximum absolute atomic E-state index is 9.72. The molecule has 0 aliphatic rings. The summed E-state index contributed by atoms with van der Waals surface area (Å²) in [6, 6.07) is 3.90. The van der Waals surface area contributed by atoms with E-state index in [1.165, 1.54) is 0 Å². The van der Waals surface area contributed by atoms with Gasteiger partial charge in [0, 0.05) is 23.7 Å². The number of rotatable bonds is 7. The molecular formula is C11H15NOS2. The van der Waals surface area contributed by atoms with Crippen molar-refractivity contribution in [3.05, 3.63) is 22.4 Å². The fraction of sp³-hybridized carbons (Fsp3) is 0.455. The van der Waals surface area contributed by atoms with Gasteiger partial charge in [0.25, 0.3) is 0 Å². The van der Waals surface area contributed by atoms with Gasteiger partial charge in [-0.1, -0.05) is 12.0 Å². The normalized spacial score (nSPS) is 12.3. The quantitative estimate of drug-likeness (QED) is 0.563.